The zero-order valence-electron chi connectivity index (χ0n) is 13.2. The molecule has 0 aliphatic rings. The highest BCUT2D eigenvalue weighted by Gasteiger charge is 2.12. The van der Waals surface area contributed by atoms with Gasteiger partial charge < -0.3 is 9.32 Å². The van der Waals surface area contributed by atoms with Gasteiger partial charge in [0.25, 0.3) is 0 Å². The van der Waals surface area contributed by atoms with Gasteiger partial charge >= 0.3 is 0 Å². The van der Waals surface area contributed by atoms with Crippen LogP contribution < -0.4 is 4.90 Å². The molecule has 0 saturated heterocycles. The largest absolute Gasteiger partial charge is 0.464 e. The van der Waals surface area contributed by atoms with E-state index in [1.807, 2.05) is 57.2 Å². The molecule has 3 heterocycles. The minimum Gasteiger partial charge on any atom is -0.464 e. The van der Waals surface area contributed by atoms with E-state index in [4.69, 9.17) is 4.42 Å². The number of aromatic nitrogens is 4. The van der Waals surface area contributed by atoms with Crippen molar-refractivity contribution in [3.63, 3.8) is 0 Å². The first kappa shape index (κ1) is 14.3. The number of aryl methyl sites for hydroxylation is 3. The van der Waals surface area contributed by atoms with Crippen molar-refractivity contribution in [1.29, 1.82) is 0 Å². The van der Waals surface area contributed by atoms with E-state index in [1.54, 1.807) is 10.9 Å². The summed E-state index contributed by atoms with van der Waals surface area (Å²) in [7, 11) is 3.86. The van der Waals surface area contributed by atoms with Gasteiger partial charge in [0, 0.05) is 32.1 Å². The van der Waals surface area contributed by atoms with E-state index in [1.165, 1.54) is 0 Å². The van der Waals surface area contributed by atoms with Gasteiger partial charge in [-0.3, -0.25) is 4.68 Å². The Labute approximate surface area is 129 Å². The zero-order valence-corrected chi connectivity index (χ0v) is 13.2. The van der Waals surface area contributed by atoms with Crippen LogP contribution in [0.25, 0.3) is 11.3 Å². The van der Waals surface area contributed by atoms with Gasteiger partial charge in [-0.25, -0.2) is 9.97 Å². The van der Waals surface area contributed by atoms with E-state index >= 15 is 0 Å². The molecule has 0 unspecified atom stereocenters. The van der Waals surface area contributed by atoms with Gasteiger partial charge in [-0.15, -0.1) is 0 Å². The summed E-state index contributed by atoms with van der Waals surface area (Å²) in [5.74, 6) is 2.46. The van der Waals surface area contributed by atoms with E-state index in [2.05, 4.69) is 15.1 Å². The van der Waals surface area contributed by atoms with Crippen LogP contribution in [0.5, 0.6) is 0 Å². The zero-order chi connectivity index (χ0) is 15.7. The highest BCUT2D eigenvalue weighted by molar-refractivity contribution is 5.61. The Kier molecular flexibility index (Phi) is 3.66. The minimum atomic E-state index is 0.628. The van der Waals surface area contributed by atoms with Crippen molar-refractivity contribution in [2.24, 2.45) is 7.05 Å². The Hall–Kier alpha value is -2.63. The average molecular weight is 297 g/mol. The summed E-state index contributed by atoms with van der Waals surface area (Å²) in [6.45, 7) is 4.54. The average Bonchev–Trinajstić information content (AvgIpc) is 3.04. The molecule has 114 valence electrons. The third-order valence-corrected chi connectivity index (χ3v) is 3.46. The summed E-state index contributed by atoms with van der Waals surface area (Å²) in [6.07, 6.45) is 3.74. The summed E-state index contributed by atoms with van der Waals surface area (Å²) in [5, 5.41) is 4.36. The van der Waals surface area contributed by atoms with Crippen LogP contribution in [0.3, 0.4) is 0 Å². The number of hydrogen-bond acceptors (Lipinski definition) is 5. The Balaban J connectivity index is 1.85. The Morgan fingerprint density at radius 1 is 1.23 bits per heavy atom. The normalized spacial score (nSPS) is 10.9. The lowest BCUT2D eigenvalue weighted by Crippen LogP contribution is -2.18. The smallest absolute Gasteiger partial charge is 0.226 e. The second kappa shape index (κ2) is 5.63. The molecule has 0 spiro atoms. The Morgan fingerprint density at radius 2 is 2.05 bits per heavy atom. The molecule has 6 nitrogen and oxygen atoms in total. The highest BCUT2D eigenvalue weighted by atomic mass is 16.3. The molecule has 0 fully saturated rings. The number of nitrogens with zero attached hydrogens (tertiary/aromatic N) is 5. The maximum atomic E-state index is 5.60. The van der Waals surface area contributed by atoms with E-state index in [0.717, 1.165) is 28.5 Å². The van der Waals surface area contributed by atoms with Crippen LogP contribution in [0.4, 0.5) is 5.95 Å². The standard InChI is InChI=1S/C16H19N5O/c1-11-5-6-13(22-11)9-20(3)16-17-8-7-15(18-16)14-10-21(4)19-12(14)2/h5-8,10H,9H2,1-4H3. The maximum Gasteiger partial charge on any atom is 0.226 e. The summed E-state index contributed by atoms with van der Waals surface area (Å²) < 4.78 is 7.40. The molecule has 3 aromatic heterocycles. The minimum absolute atomic E-state index is 0.628. The summed E-state index contributed by atoms with van der Waals surface area (Å²) >= 11 is 0. The van der Waals surface area contributed by atoms with Crippen molar-refractivity contribution in [3.05, 3.63) is 47.8 Å². The molecule has 0 aliphatic carbocycles. The van der Waals surface area contributed by atoms with Crippen molar-refractivity contribution in [1.82, 2.24) is 19.7 Å². The van der Waals surface area contributed by atoms with Crippen molar-refractivity contribution in [2.75, 3.05) is 11.9 Å². The van der Waals surface area contributed by atoms with E-state index in [9.17, 15) is 0 Å². The topological polar surface area (TPSA) is 60.0 Å². The quantitative estimate of drug-likeness (QED) is 0.741. The first-order valence-corrected chi connectivity index (χ1v) is 7.13. The fourth-order valence-corrected chi connectivity index (χ4v) is 2.41. The fourth-order valence-electron chi connectivity index (χ4n) is 2.41. The summed E-state index contributed by atoms with van der Waals surface area (Å²) in [6, 6.07) is 5.83. The molecule has 3 rings (SSSR count). The summed E-state index contributed by atoms with van der Waals surface area (Å²) in [5.41, 5.74) is 2.85. The van der Waals surface area contributed by atoms with Crippen molar-refractivity contribution in [2.45, 2.75) is 20.4 Å². The van der Waals surface area contributed by atoms with Crippen LogP contribution in [-0.2, 0) is 13.6 Å². The highest BCUT2D eigenvalue weighted by Crippen LogP contribution is 2.22. The van der Waals surface area contributed by atoms with Gasteiger partial charge in [-0.1, -0.05) is 0 Å². The second-order valence-electron chi connectivity index (χ2n) is 5.41. The lowest BCUT2D eigenvalue weighted by Gasteiger charge is -2.15. The Morgan fingerprint density at radius 3 is 2.68 bits per heavy atom. The first-order chi connectivity index (χ1) is 10.5. The van der Waals surface area contributed by atoms with Crippen molar-refractivity contribution < 1.29 is 4.42 Å². The van der Waals surface area contributed by atoms with Crippen LogP contribution in [0.2, 0.25) is 0 Å². The number of rotatable bonds is 4. The number of furan rings is 1. The molecule has 6 heteroatoms. The molecule has 0 saturated carbocycles. The SMILES string of the molecule is Cc1ccc(CN(C)c2nccc(-c3cn(C)nc3C)n2)o1. The molecule has 0 amide bonds. The number of hydrogen-bond donors (Lipinski definition) is 0. The fraction of sp³-hybridized carbons (Fsp3) is 0.312. The molecule has 3 aromatic rings. The van der Waals surface area contributed by atoms with Crippen LogP contribution in [0.15, 0.2) is 35.0 Å². The summed E-state index contributed by atoms with van der Waals surface area (Å²) in [4.78, 5) is 11.0. The third-order valence-electron chi connectivity index (χ3n) is 3.46. The monoisotopic (exact) mass is 297 g/mol. The van der Waals surface area contributed by atoms with Crippen LogP contribution in [0.1, 0.15) is 17.2 Å². The van der Waals surface area contributed by atoms with Gasteiger partial charge in [0.15, 0.2) is 0 Å². The molecule has 0 bridgehead atoms. The second-order valence-corrected chi connectivity index (χ2v) is 5.41. The van der Waals surface area contributed by atoms with Crippen molar-refractivity contribution >= 4 is 5.95 Å². The molecular weight excluding hydrogens is 278 g/mol. The van der Waals surface area contributed by atoms with Crippen molar-refractivity contribution in [3.8, 4) is 11.3 Å². The molecule has 0 aromatic carbocycles. The lowest BCUT2D eigenvalue weighted by atomic mass is 10.2. The molecular formula is C16H19N5O. The van der Waals surface area contributed by atoms with Crippen LogP contribution >= 0.6 is 0 Å². The van der Waals surface area contributed by atoms with E-state index < -0.39 is 0 Å². The van der Waals surface area contributed by atoms with Gasteiger partial charge in [-0.05, 0) is 32.0 Å². The number of anilines is 1. The van der Waals surface area contributed by atoms with Crippen LogP contribution in [-0.4, -0.2) is 26.8 Å². The first-order valence-electron chi connectivity index (χ1n) is 7.13. The third kappa shape index (κ3) is 2.86. The van der Waals surface area contributed by atoms with Crippen LogP contribution in [0, 0.1) is 13.8 Å². The maximum absolute atomic E-state index is 5.60. The van der Waals surface area contributed by atoms with E-state index in [-0.39, 0.29) is 0 Å². The predicted octanol–water partition coefficient (Wildman–Crippen LogP) is 2.72. The van der Waals surface area contributed by atoms with Gasteiger partial charge in [0.2, 0.25) is 5.95 Å². The molecule has 0 aliphatic heterocycles. The lowest BCUT2D eigenvalue weighted by molar-refractivity contribution is 0.480. The molecule has 0 N–H and O–H groups in total. The molecule has 0 atom stereocenters. The van der Waals surface area contributed by atoms with Gasteiger partial charge in [-0.2, -0.15) is 5.10 Å². The Bertz CT molecular complexity index is 789. The van der Waals surface area contributed by atoms with Gasteiger partial charge in [0.05, 0.1) is 17.9 Å². The van der Waals surface area contributed by atoms with Gasteiger partial charge in [0.1, 0.15) is 11.5 Å². The predicted molar refractivity (Wildman–Crippen MR) is 84.5 cm³/mol. The van der Waals surface area contributed by atoms with E-state index in [0.29, 0.717) is 12.5 Å². The molecule has 0 radical (unpaired) electrons. The molecule has 22 heavy (non-hydrogen) atoms.